The van der Waals surface area contributed by atoms with Crippen LogP contribution in [0.1, 0.15) is 37.8 Å². The van der Waals surface area contributed by atoms with Crippen LogP contribution in [-0.4, -0.2) is 60.4 Å². The zero-order valence-corrected chi connectivity index (χ0v) is 18.3. The van der Waals surface area contributed by atoms with E-state index in [1.165, 1.54) is 38.9 Å². The van der Waals surface area contributed by atoms with Crippen LogP contribution in [0, 0.1) is 5.92 Å². The van der Waals surface area contributed by atoms with Gasteiger partial charge in [0.2, 0.25) is 0 Å². The van der Waals surface area contributed by atoms with E-state index in [-0.39, 0.29) is 6.04 Å². The lowest BCUT2D eigenvalue weighted by Gasteiger charge is -2.31. The molecule has 0 bridgehead atoms. The highest BCUT2D eigenvalue weighted by molar-refractivity contribution is 6.30. The van der Waals surface area contributed by atoms with Crippen LogP contribution in [0.4, 0.5) is 0 Å². The summed E-state index contributed by atoms with van der Waals surface area (Å²) in [6.45, 7) is 7.54. The van der Waals surface area contributed by atoms with E-state index in [1.807, 2.05) is 36.1 Å². The summed E-state index contributed by atoms with van der Waals surface area (Å²) in [5.41, 5.74) is 1.16. The third kappa shape index (κ3) is 6.47. The molecule has 29 heavy (non-hydrogen) atoms. The summed E-state index contributed by atoms with van der Waals surface area (Å²) in [5, 5.41) is 12.1. The SMILES string of the molecule is CCN1CCC(CCNC(=NC)NCC(c2ccc(Cl)cc2)n2cccn2)CC1. The molecule has 0 spiro atoms. The van der Waals surface area contributed by atoms with E-state index in [0.717, 1.165) is 29.0 Å². The second kappa shape index (κ2) is 11.2. The topological polar surface area (TPSA) is 57.5 Å². The van der Waals surface area contributed by atoms with Crippen molar-refractivity contribution in [2.24, 2.45) is 10.9 Å². The smallest absolute Gasteiger partial charge is 0.191 e. The van der Waals surface area contributed by atoms with E-state index in [9.17, 15) is 0 Å². The van der Waals surface area contributed by atoms with Crippen molar-refractivity contribution in [3.05, 3.63) is 53.3 Å². The number of aromatic nitrogens is 2. The molecule has 1 unspecified atom stereocenters. The highest BCUT2D eigenvalue weighted by atomic mass is 35.5. The Labute approximate surface area is 179 Å². The molecule has 158 valence electrons. The Morgan fingerprint density at radius 2 is 2.00 bits per heavy atom. The first-order chi connectivity index (χ1) is 14.2. The van der Waals surface area contributed by atoms with Gasteiger partial charge in [-0.2, -0.15) is 5.10 Å². The van der Waals surface area contributed by atoms with Gasteiger partial charge in [-0.1, -0.05) is 30.7 Å². The van der Waals surface area contributed by atoms with E-state index in [4.69, 9.17) is 11.6 Å². The Hall–Kier alpha value is -2.05. The van der Waals surface area contributed by atoms with Gasteiger partial charge in [0, 0.05) is 37.6 Å². The minimum atomic E-state index is 0.0687. The molecule has 1 aromatic heterocycles. The molecule has 1 fully saturated rings. The number of piperidine rings is 1. The van der Waals surface area contributed by atoms with E-state index in [1.54, 1.807) is 6.20 Å². The summed E-state index contributed by atoms with van der Waals surface area (Å²) in [5.74, 6) is 1.65. The Kier molecular flexibility index (Phi) is 8.38. The third-order valence-corrected chi connectivity index (χ3v) is 6.04. The van der Waals surface area contributed by atoms with E-state index < -0.39 is 0 Å². The number of likely N-dealkylation sites (tertiary alicyclic amines) is 1. The highest BCUT2D eigenvalue weighted by Crippen LogP contribution is 2.20. The zero-order valence-electron chi connectivity index (χ0n) is 17.5. The standard InChI is InChI=1S/C22H33ClN6/c1-3-28-15-10-18(11-16-28)9-13-25-22(24-2)26-17-21(29-14-4-12-27-29)19-5-7-20(23)8-6-19/h4-8,12,14,18,21H,3,9-11,13,15-17H2,1-2H3,(H2,24,25,26). The first-order valence-corrected chi connectivity index (χ1v) is 11.0. The van der Waals surface area contributed by atoms with Crippen LogP contribution in [0.5, 0.6) is 0 Å². The maximum atomic E-state index is 6.06. The average Bonchev–Trinajstić information content (AvgIpc) is 3.29. The first kappa shape index (κ1) is 21.7. The quantitative estimate of drug-likeness (QED) is 0.511. The fraction of sp³-hybridized carbons (Fsp3) is 0.545. The number of aliphatic imine (C=N–C) groups is 1. The molecule has 1 saturated heterocycles. The molecule has 1 aliphatic rings. The molecule has 0 amide bonds. The van der Waals surface area contributed by atoms with Gasteiger partial charge in [0.05, 0.1) is 6.04 Å². The lowest BCUT2D eigenvalue weighted by Crippen LogP contribution is -2.41. The number of rotatable bonds is 8. The Balaban J connectivity index is 1.49. The molecule has 0 saturated carbocycles. The maximum absolute atomic E-state index is 6.06. The summed E-state index contributed by atoms with van der Waals surface area (Å²) in [6.07, 6.45) is 7.59. The predicted molar refractivity (Wildman–Crippen MR) is 121 cm³/mol. The summed E-state index contributed by atoms with van der Waals surface area (Å²) in [6, 6.07) is 9.96. The monoisotopic (exact) mass is 416 g/mol. The molecule has 0 radical (unpaired) electrons. The van der Waals surface area contributed by atoms with E-state index in [2.05, 4.69) is 44.7 Å². The number of hydrogen-bond donors (Lipinski definition) is 2. The normalized spacial score (nSPS) is 17.3. The Bertz CT molecular complexity index is 735. The number of nitrogens with one attached hydrogen (secondary N) is 2. The minimum absolute atomic E-state index is 0.0687. The lowest BCUT2D eigenvalue weighted by atomic mass is 9.93. The van der Waals surface area contributed by atoms with Crippen LogP contribution >= 0.6 is 11.6 Å². The van der Waals surface area contributed by atoms with Crippen molar-refractivity contribution < 1.29 is 0 Å². The molecule has 2 N–H and O–H groups in total. The largest absolute Gasteiger partial charge is 0.356 e. The van der Waals surface area contributed by atoms with E-state index >= 15 is 0 Å². The number of benzene rings is 1. The van der Waals surface area contributed by atoms with Crippen LogP contribution in [0.15, 0.2) is 47.7 Å². The van der Waals surface area contributed by atoms with Gasteiger partial charge in [-0.3, -0.25) is 9.67 Å². The molecular formula is C22H33ClN6. The van der Waals surface area contributed by atoms with Gasteiger partial charge in [-0.15, -0.1) is 0 Å². The Morgan fingerprint density at radius 3 is 2.62 bits per heavy atom. The molecule has 6 nitrogen and oxygen atoms in total. The van der Waals surface area contributed by atoms with Crippen LogP contribution in [0.2, 0.25) is 5.02 Å². The minimum Gasteiger partial charge on any atom is -0.356 e. The van der Waals surface area contributed by atoms with Crippen LogP contribution in [0.25, 0.3) is 0 Å². The van der Waals surface area contributed by atoms with Crippen LogP contribution in [0.3, 0.4) is 0 Å². The number of guanidine groups is 1. The highest BCUT2D eigenvalue weighted by Gasteiger charge is 2.18. The zero-order chi connectivity index (χ0) is 20.5. The summed E-state index contributed by atoms with van der Waals surface area (Å²) in [7, 11) is 1.82. The molecule has 0 aliphatic carbocycles. The van der Waals surface area contributed by atoms with Crippen LogP contribution in [-0.2, 0) is 0 Å². The lowest BCUT2D eigenvalue weighted by molar-refractivity contribution is 0.187. The predicted octanol–water partition coefficient (Wildman–Crippen LogP) is 3.41. The van der Waals surface area contributed by atoms with Crippen molar-refractivity contribution in [1.29, 1.82) is 0 Å². The average molecular weight is 417 g/mol. The second-order valence-corrected chi connectivity index (χ2v) is 8.04. The van der Waals surface area contributed by atoms with Gasteiger partial charge in [-0.25, -0.2) is 0 Å². The second-order valence-electron chi connectivity index (χ2n) is 7.60. The van der Waals surface area contributed by atoms with Crippen molar-refractivity contribution in [2.75, 3.05) is 39.8 Å². The number of hydrogen-bond acceptors (Lipinski definition) is 3. The first-order valence-electron chi connectivity index (χ1n) is 10.6. The van der Waals surface area contributed by atoms with Crippen molar-refractivity contribution in [1.82, 2.24) is 25.3 Å². The summed E-state index contributed by atoms with van der Waals surface area (Å²) >= 11 is 6.06. The van der Waals surface area contributed by atoms with E-state index in [0.29, 0.717) is 6.54 Å². The molecule has 1 atom stereocenters. The number of nitrogens with zero attached hydrogens (tertiary/aromatic N) is 4. The van der Waals surface area contributed by atoms with Gasteiger partial charge < -0.3 is 15.5 Å². The maximum Gasteiger partial charge on any atom is 0.191 e. The molecule has 7 heteroatoms. The van der Waals surface area contributed by atoms with Crippen molar-refractivity contribution >= 4 is 17.6 Å². The van der Waals surface area contributed by atoms with Gasteiger partial charge >= 0.3 is 0 Å². The molecule has 2 heterocycles. The van der Waals surface area contributed by atoms with Crippen molar-refractivity contribution in [3.63, 3.8) is 0 Å². The van der Waals surface area contributed by atoms with Crippen LogP contribution < -0.4 is 10.6 Å². The van der Waals surface area contributed by atoms with Crippen molar-refractivity contribution in [3.8, 4) is 0 Å². The molecule has 1 aromatic carbocycles. The van der Waals surface area contributed by atoms with Gasteiger partial charge in [0.1, 0.15) is 0 Å². The Morgan fingerprint density at radius 1 is 1.24 bits per heavy atom. The third-order valence-electron chi connectivity index (χ3n) is 5.78. The van der Waals surface area contributed by atoms with Gasteiger partial charge in [0.15, 0.2) is 5.96 Å². The number of halogens is 1. The van der Waals surface area contributed by atoms with Crippen molar-refractivity contribution in [2.45, 2.75) is 32.2 Å². The summed E-state index contributed by atoms with van der Waals surface area (Å²) < 4.78 is 1.96. The summed E-state index contributed by atoms with van der Waals surface area (Å²) in [4.78, 5) is 6.93. The molecular weight excluding hydrogens is 384 g/mol. The molecule has 1 aliphatic heterocycles. The molecule has 2 aromatic rings. The molecule has 3 rings (SSSR count). The fourth-order valence-electron chi connectivity index (χ4n) is 3.91. The van der Waals surface area contributed by atoms with Gasteiger partial charge in [0.25, 0.3) is 0 Å². The van der Waals surface area contributed by atoms with Gasteiger partial charge in [-0.05, 0) is 68.6 Å². The fourth-order valence-corrected chi connectivity index (χ4v) is 4.04.